The highest BCUT2D eigenvalue weighted by Crippen LogP contribution is 2.15. The van der Waals surface area contributed by atoms with E-state index in [1.807, 2.05) is 7.05 Å². The van der Waals surface area contributed by atoms with Crippen LogP contribution in [0.2, 0.25) is 0 Å². The Hall–Kier alpha value is -0.900. The monoisotopic (exact) mass is 505 g/mol. The lowest BCUT2D eigenvalue weighted by Crippen LogP contribution is -2.45. The minimum absolute atomic E-state index is 0. The van der Waals surface area contributed by atoms with E-state index in [1.165, 1.54) is 25.1 Å². The minimum atomic E-state index is 0. The molecule has 8 heteroatoms. The summed E-state index contributed by atoms with van der Waals surface area (Å²) in [4.78, 5) is 6.82. The number of nitrogens with zero attached hydrogens (tertiary/aromatic N) is 5. The van der Waals surface area contributed by atoms with Crippen LogP contribution in [0.1, 0.15) is 65.0 Å². The molecule has 7 nitrogen and oxygen atoms in total. The SMILES string of the molecule is CN=C(NCCCc1nnc2n1CCCCC2)NCCN(C(C)C)C(C)C.I. The van der Waals surface area contributed by atoms with E-state index < -0.39 is 0 Å². The van der Waals surface area contributed by atoms with Crippen molar-refractivity contribution in [1.82, 2.24) is 30.3 Å². The van der Waals surface area contributed by atoms with E-state index >= 15 is 0 Å². The standard InChI is InChI=1S/C20H39N7.HI/c1-16(2)26(17(3)4)15-13-23-20(21-5)22-12-9-11-19-25-24-18-10-7-6-8-14-27(18)19;/h16-17H,6-15H2,1-5H3,(H2,21,22,23);1H. The number of aliphatic imine (C=N–C) groups is 1. The van der Waals surface area contributed by atoms with Crippen LogP contribution in [0.3, 0.4) is 0 Å². The summed E-state index contributed by atoms with van der Waals surface area (Å²) in [5.41, 5.74) is 0. The Bertz CT molecular complexity index is 575. The molecule has 1 aromatic rings. The van der Waals surface area contributed by atoms with E-state index in [9.17, 15) is 0 Å². The largest absolute Gasteiger partial charge is 0.356 e. The third-order valence-corrected chi connectivity index (χ3v) is 5.27. The van der Waals surface area contributed by atoms with Crippen molar-refractivity contribution in [2.24, 2.45) is 4.99 Å². The fourth-order valence-electron chi connectivity index (χ4n) is 3.82. The molecular weight excluding hydrogens is 465 g/mol. The van der Waals surface area contributed by atoms with Crippen molar-refractivity contribution in [2.45, 2.75) is 84.8 Å². The highest BCUT2D eigenvalue weighted by atomic mass is 127. The third kappa shape index (κ3) is 7.85. The summed E-state index contributed by atoms with van der Waals surface area (Å²) in [6, 6.07) is 1.11. The number of hydrogen-bond acceptors (Lipinski definition) is 4. The summed E-state index contributed by atoms with van der Waals surface area (Å²) in [6.07, 6.45) is 6.86. The number of rotatable bonds is 9. The highest BCUT2D eigenvalue weighted by molar-refractivity contribution is 14.0. The van der Waals surface area contributed by atoms with Crippen molar-refractivity contribution in [3.05, 3.63) is 11.6 Å². The second-order valence-corrected chi connectivity index (χ2v) is 7.95. The van der Waals surface area contributed by atoms with Gasteiger partial charge in [-0.25, -0.2) is 0 Å². The van der Waals surface area contributed by atoms with Crippen molar-refractivity contribution >= 4 is 29.9 Å². The quantitative estimate of drug-likeness (QED) is 0.234. The van der Waals surface area contributed by atoms with Gasteiger partial charge in [0.15, 0.2) is 5.96 Å². The summed E-state index contributed by atoms with van der Waals surface area (Å²) in [5.74, 6) is 3.19. The molecule has 0 bridgehead atoms. The lowest BCUT2D eigenvalue weighted by atomic mass is 10.2. The number of nitrogens with one attached hydrogen (secondary N) is 2. The predicted octanol–water partition coefficient (Wildman–Crippen LogP) is 2.84. The second kappa shape index (κ2) is 13.3. The molecule has 0 aliphatic carbocycles. The smallest absolute Gasteiger partial charge is 0.191 e. The predicted molar refractivity (Wildman–Crippen MR) is 128 cm³/mol. The summed E-state index contributed by atoms with van der Waals surface area (Å²) in [7, 11) is 1.83. The van der Waals surface area contributed by atoms with Gasteiger partial charge in [-0.1, -0.05) is 6.42 Å². The Balaban J connectivity index is 0.00000392. The zero-order valence-corrected chi connectivity index (χ0v) is 20.7. The van der Waals surface area contributed by atoms with Crippen LogP contribution in [0.5, 0.6) is 0 Å². The fourth-order valence-corrected chi connectivity index (χ4v) is 3.82. The van der Waals surface area contributed by atoms with Gasteiger partial charge in [-0.2, -0.15) is 0 Å². The average Bonchev–Trinajstić information content (AvgIpc) is 2.86. The molecule has 0 amide bonds. The second-order valence-electron chi connectivity index (χ2n) is 7.95. The molecule has 0 aromatic carbocycles. The number of halogens is 1. The molecule has 162 valence electrons. The third-order valence-electron chi connectivity index (χ3n) is 5.27. The Labute approximate surface area is 188 Å². The van der Waals surface area contributed by atoms with Crippen molar-refractivity contribution in [2.75, 3.05) is 26.7 Å². The summed E-state index contributed by atoms with van der Waals surface area (Å²) >= 11 is 0. The van der Waals surface area contributed by atoms with E-state index in [0.717, 1.165) is 57.2 Å². The van der Waals surface area contributed by atoms with Gasteiger partial charge in [-0.05, 0) is 47.0 Å². The minimum Gasteiger partial charge on any atom is -0.356 e. The molecule has 1 aliphatic rings. The van der Waals surface area contributed by atoms with Gasteiger partial charge < -0.3 is 15.2 Å². The maximum absolute atomic E-state index is 4.41. The molecule has 0 saturated heterocycles. The lowest BCUT2D eigenvalue weighted by molar-refractivity contribution is 0.178. The Kier molecular flexibility index (Phi) is 12.0. The van der Waals surface area contributed by atoms with Gasteiger partial charge in [-0.15, -0.1) is 34.2 Å². The van der Waals surface area contributed by atoms with Gasteiger partial charge in [0.05, 0.1) is 0 Å². The molecule has 0 atom stereocenters. The first kappa shape index (κ1) is 25.1. The topological polar surface area (TPSA) is 70.4 Å². The van der Waals surface area contributed by atoms with Crippen LogP contribution < -0.4 is 10.6 Å². The van der Waals surface area contributed by atoms with E-state index in [1.54, 1.807) is 0 Å². The molecular formula is C20H40IN7. The van der Waals surface area contributed by atoms with Crippen molar-refractivity contribution in [1.29, 1.82) is 0 Å². The lowest BCUT2D eigenvalue weighted by Gasteiger charge is -2.30. The van der Waals surface area contributed by atoms with Gasteiger partial charge in [-0.3, -0.25) is 9.89 Å². The summed E-state index contributed by atoms with van der Waals surface area (Å²) < 4.78 is 2.34. The first-order chi connectivity index (χ1) is 13.0. The molecule has 0 fully saturated rings. The summed E-state index contributed by atoms with van der Waals surface area (Å²) in [6.45, 7) is 12.9. The zero-order valence-electron chi connectivity index (χ0n) is 18.4. The molecule has 0 saturated carbocycles. The van der Waals surface area contributed by atoms with E-state index in [4.69, 9.17) is 0 Å². The molecule has 0 radical (unpaired) electrons. The number of aromatic nitrogens is 3. The molecule has 2 N–H and O–H groups in total. The van der Waals surface area contributed by atoms with Crippen LogP contribution in [0.4, 0.5) is 0 Å². The maximum atomic E-state index is 4.41. The summed E-state index contributed by atoms with van der Waals surface area (Å²) in [5, 5.41) is 15.6. The Morgan fingerprint density at radius 3 is 2.46 bits per heavy atom. The first-order valence-corrected chi connectivity index (χ1v) is 10.6. The highest BCUT2D eigenvalue weighted by Gasteiger charge is 2.14. The van der Waals surface area contributed by atoms with Crippen LogP contribution >= 0.6 is 24.0 Å². The number of guanidine groups is 1. The van der Waals surface area contributed by atoms with E-state index in [0.29, 0.717) is 12.1 Å². The van der Waals surface area contributed by atoms with Crippen LogP contribution in [0, 0.1) is 0 Å². The molecule has 0 unspecified atom stereocenters. The molecule has 1 aliphatic heterocycles. The van der Waals surface area contributed by atoms with Crippen molar-refractivity contribution in [3.63, 3.8) is 0 Å². The number of fused-ring (bicyclic) bond motifs is 1. The molecule has 28 heavy (non-hydrogen) atoms. The van der Waals surface area contributed by atoms with Crippen LogP contribution in [0.15, 0.2) is 4.99 Å². The van der Waals surface area contributed by atoms with Crippen LogP contribution in [-0.4, -0.2) is 64.4 Å². The average molecular weight is 505 g/mol. The van der Waals surface area contributed by atoms with Gasteiger partial charge in [0, 0.05) is 58.2 Å². The fraction of sp³-hybridized carbons (Fsp3) is 0.850. The molecule has 2 rings (SSSR count). The van der Waals surface area contributed by atoms with Crippen molar-refractivity contribution in [3.8, 4) is 0 Å². The van der Waals surface area contributed by atoms with Crippen LogP contribution in [0.25, 0.3) is 0 Å². The molecule has 1 aromatic heterocycles. The normalized spacial score (nSPS) is 14.8. The van der Waals surface area contributed by atoms with Gasteiger partial charge in [0.1, 0.15) is 11.6 Å². The first-order valence-electron chi connectivity index (χ1n) is 10.6. The van der Waals surface area contributed by atoms with Gasteiger partial charge >= 0.3 is 0 Å². The zero-order chi connectivity index (χ0) is 19.6. The Morgan fingerprint density at radius 1 is 1.07 bits per heavy atom. The molecule has 0 spiro atoms. The van der Waals surface area contributed by atoms with Crippen molar-refractivity contribution < 1.29 is 0 Å². The maximum Gasteiger partial charge on any atom is 0.191 e. The van der Waals surface area contributed by atoms with Gasteiger partial charge in [0.2, 0.25) is 0 Å². The van der Waals surface area contributed by atoms with E-state index in [2.05, 4.69) is 63.0 Å². The number of aryl methyl sites for hydroxylation is 2. The Morgan fingerprint density at radius 2 is 1.79 bits per heavy atom. The number of hydrogen-bond donors (Lipinski definition) is 2. The molecule has 2 heterocycles. The van der Waals surface area contributed by atoms with E-state index in [-0.39, 0.29) is 24.0 Å². The van der Waals surface area contributed by atoms with Crippen LogP contribution in [-0.2, 0) is 19.4 Å². The van der Waals surface area contributed by atoms with Gasteiger partial charge in [0.25, 0.3) is 0 Å².